The second-order valence-corrected chi connectivity index (χ2v) is 4.55. The van der Waals surface area contributed by atoms with Gasteiger partial charge in [0.25, 0.3) is 0 Å². The lowest BCUT2D eigenvalue weighted by Crippen LogP contribution is -2.04. The molecule has 1 heterocycles. The Morgan fingerprint density at radius 3 is 2.64 bits per heavy atom. The molecular formula is C17H23NO4. The van der Waals surface area contributed by atoms with Crippen molar-refractivity contribution in [2.75, 3.05) is 6.61 Å². The molecule has 0 aliphatic carbocycles. The van der Waals surface area contributed by atoms with E-state index in [4.69, 9.17) is 14.3 Å². The molecule has 5 nitrogen and oxygen atoms in total. The lowest BCUT2D eigenvalue weighted by atomic mass is 10.1. The van der Waals surface area contributed by atoms with Gasteiger partial charge >= 0.3 is 5.97 Å². The zero-order chi connectivity index (χ0) is 16.5. The van der Waals surface area contributed by atoms with Crippen LogP contribution in [0.3, 0.4) is 0 Å². The first-order valence-corrected chi connectivity index (χ1v) is 7.41. The molecule has 0 aliphatic heterocycles. The van der Waals surface area contributed by atoms with Crippen molar-refractivity contribution in [3.05, 3.63) is 47.2 Å². The lowest BCUT2D eigenvalue weighted by Gasteiger charge is -2.06. The molecule has 0 saturated heterocycles. The summed E-state index contributed by atoms with van der Waals surface area (Å²) in [7, 11) is 0. The summed E-state index contributed by atoms with van der Waals surface area (Å²) in [6.07, 6.45) is 0.658. The topological polar surface area (TPSA) is 72.6 Å². The van der Waals surface area contributed by atoms with Gasteiger partial charge in [0.1, 0.15) is 11.5 Å². The van der Waals surface area contributed by atoms with Gasteiger partial charge in [-0.15, -0.1) is 0 Å². The Kier molecular flexibility index (Phi) is 7.16. The number of hydrogen-bond donors (Lipinski definition) is 1. The average Bonchev–Trinajstić information content (AvgIpc) is 2.79. The molecule has 0 atom stereocenters. The minimum Gasteiger partial charge on any atom is -0.493 e. The predicted octanol–water partition coefficient (Wildman–Crippen LogP) is 3.57. The number of aryl methyl sites for hydroxylation is 2. The molecule has 0 unspecified atom stereocenters. The lowest BCUT2D eigenvalue weighted by molar-refractivity contribution is -0.136. The van der Waals surface area contributed by atoms with Gasteiger partial charge in [0.15, 0.2) is 5.89 Å². The summed E-state index contributed by atoms with van der Waals surface area (Å²) >= 11 is 0. The van der Waals surface area contributed by atoms with Crippen LogP contribution in [-0.4, -0.2) is 22.7 Å². The number of aromatic nitrogens is 1. The maximum atomic E-state index is 10.7. The first kappa shape index (κ1) is 17.8. The van der Waals surface area contributed by atoms with Crippen molar-refractivity contribution in [2.45, 2.75) is 40.5 Å². The summed E-state index contributed by atoms with van der Waals surface area (Å²) in [6.45, 7) is 8.17. The Hall–Kier alpha value is -2.30. The van der Waals surface area contributed by atoms with Gasteiger partial charge in [-0.05, 0) is 24.6 Å². The van der Waals surface area contributed by atoms with E-state index in [2.05, 4.69) is 4.98 Å². The van der Waals surface area contributed by atoms with E-state index in [0.29, 0.717) is 24.7 Å². The van der Waals surface area contributed by atoms with Gasteiger partial charge in [-0.1, -0.05) is 26.0 Å². The molecule has 2 rings (SSSR count). The predicted molar refractivity (Wildman–Crippen MR) is 84.3 cm³/mol. The first-order valence-electron chi connectivity index (χ1n) is 7.41. The van der Waals surface area contributed by atoms with Crippen molar-refractivity contribution in [1.82, 2.24) is 4.98 Å². The van der Waals surface area contributed by atoms with Gasteiger partial charge in [-0.3, -0.25) is 4.79 Å². The summed E-state index contributed by atoms with van der Waals surface area (Å²) in [4.78, 5) is 14.9. The smallest absolute Gasteiger partial charge is 0.307 e. The second-order valence-electron chi connectivity index (χ2n) is 4.55. The van der Waals surface area contributed by atoms with Crippen LogP contribution in [0.25, 0.3) is 0 Å². The summed E-state index contributed by atoms with van der Waals surface area (Å²) in [5.74, 6) is 1.28. The number of carboxylic acids is 1. The number of carboxylic acid groups (broad SMARTS) is 1. The van der Waals surface area contributed by atoms with Gasteiger partial charge < -0.3 is 14.3 Å². The number of ether oxygens (including phenoxy) is 1. The third kappa shape index (κ3) is 5.60. The minimum atomic E-state index is -0.851. The van der Waals surface area contributed by atoms with Crippen molar-refractivity contribution >= 4 is 5.97 Å². The van der Waals surface area contributed by atoms with Crippen LogP contribution in [0.15, 0.2) is 28.7 Å². The number of rotatable bonds is 6. The van der Waals surface area contributed by atoms with Crippen LogP contribution in [-0.2, 0) is 17.6 Å². The van der Waals surface area contributed by atoms with E-state index in [0.717, 1.165) is 17.0 Å². The monoisotopic (exact) mass is 305 g/mol. The van der Waals surface area contributed by atoms with Crippen molar-refractivity contribution in [3.8, 4) is 5.75 Å². The zero-order valence-electron chi connectivity index (χ0n) is 13.5. The molecule has 1 aromatic carbocycles. The van der Waals surface area contributed by atoms with Crippen LogP contribution in [0.4, 0.5) is 0 Å². The summed E-state index contributed by atoms with van der Waals surface area (Å²) in [5, 5.41) is 8.76. The van der Waals surface area contributed by atoms with Gasteiger partial charge in [0.2, 0.25) is 0 Å². The fourth-order valence-corrected chi connectivity index (χ4v) is 1.99. The summed E-state index contributed by atoms with van der Waals surface area (Å²) in [6, 6.07) is 7.12. The SMILES string of the molecule is CC.Cc1nc(CCOc2cccc(CC(=O)O)c2)c(C)o1. The van der Waals surface area contributed by atoms with Crippen molar-refractivity contribution in [2.24, 2.45) is 0 Å². The highest BCUT2D eigenvalue weighted by molar-refractivity contribution is 5.70. The van der Waals surface area contributed by atoms with Crippen LogP contribution in [0.1, 0.15) is 36.8 Å². The van der Waals surface area contributed by atoms with E-state index < -0.39 is 5.97 Å². The van der Waals surface area contributed by atoms with E-state index >= 15 is 0 Å². The Morgan fingerprint density at radius 2 is 2.05 bits per heavy atom. The molecule has 0 amide bonds. The summed E-state index contributed by atoms with van der Waals surface area (Å²) < 4.78 is 11.0. The van der Waals surface area contributed by atoms with Gasteiger partial charge in [-0.25, -0.2) is 4.98 Å². The highest BCUT2D eigenvalue weighted by Crippen LogP contribution is 2.15. The molecule has 5 heteroatoms. The number of carbonyl (C=O) groups is 1. The Bertz CT molecular complexity index is 604. The molecule has 0 aliphatic rings. The second kappa shape index (κ2) is 8.87. The fourth-order valence-electron chi connectivity index (χ4n) is 1.99. The standard InChI is InChI=1S/C15H17NO4.C2H6/c1-10-14(16-11(2)20-10)6-7-19-13-5-3-4-12(8-13)9-15(17)18;1-2/h3-5,8H,6-7,9H2,1-2H3,(H,17,18);1-2H3. The van der Waals surface area contributed by atoms with Crippen LogP contribution in [0.2, 0.25) is 0 Å². The quantitative estimate of drug-likeness (QED) is 0.883. The average molecular weight is 305 g/mol. The zero-order valence-corrected chi connectivity index (χ0v) is 13.5. The maximum absolute atomic E-state index is 10.7. The number of benzene rings is 1. The van der Waals surface area contributed by atoms with E-state index in [1.54, 1.807) is 18.2 Å². The normalized spacial score (nSPS) is 9.82. The van der Waals surface area contributed by atoms with Crippen LogP contribution < -0.4 is 4.74 Å². The van der Waals surface area contributed by atoms with Crippen LogP contribution in [0.5, 0.6) is 5.75 Å². The number of nitrogens with zero attached hydrogens (tertiary/aromatic N) is 1. The molecule has 1 N–H and O–H groups in total. The van der Waals surface area contributed by atoms with E-state index in [-0.39, 0.29) is 6.42 Å². The van der Waals surface area contributed by atoms with E-state index in [1.807, 2.05) is 33.8 Å². The largest absolute Gasteiger partial charge is 0.493 e. The van der Waals surface area contributed by atoms with Gasteiger partial charge in [-0.2, -0.15) is 0 Å². The molecule has 0 spiro atoms. The van der Waals surface area contributed by atoms with E-state index in [9.17, 15) is 4.79 Å². The van der Waals surface area contributed by atoms with Crippen LogP contribution in [0, 0.1) is 13.8 Å². The van der Waals surface area contributed by atoms with Crippen LogP contribution >= 0.6 is 0 Å². The Labute approximate surface area is 130 Å². The number of aliphatic carboxylic acids is 1. The summed E-state index contributed by atoms with van der Waals surface area (Å²) in [5.41, 5.74) is 1.62. The molecular weight excluding hydrogens is 282 g/mol. The molecule has 2 aromatic rings. The van der Waals surface area contributed by atoms with Gasteiger partial charge in [0, 0.05) is 13.3 Å². The highest BCUT2D eigenvalue weighted by atomic mass is 16.5. The molecule has 0 bridgehead atoms. The molecule has 120 valence electrons. The fraction of sp³-hybridized carbons (Fsp3) is 0.412. The Morgan fingerprint density at radius 1 is 1.32 bits per heavy atom. The molecule has 0 saturated carbocycles. The first-order chi connectivity index (χ1) is 10.5. The van der Waals surface area contributed by atoms with Gasteiger partial charge in [0.05, 0.1) is 18.7 Å². The maximum Gasteiger partial charge on any atom is 0.307 e. The van der Waals surface area contributed by atoms with Crippen molar-refractivity contribution in [3.63, 3.8) is 0 Å². The van der Waals surface area contributed by atoms with E-state index in [1.165, 1.54) is 0 Å². The minimum absolute atomic E-state index is 0.00120. The van der Waals surface area contributed by atoms with Crippen molar-refractivity contribution in [1.29, 1.82) is 0 Å². The molecule has 22 heavy (non-hydrogen) atoms. The van der Waals surface area contributed by atoms with Crippen molar-refractivity contribution < 1.29 is 19.1 Å². The third-order valence-corrected chi connectivity index (χ3v) is 2.86. The highest BCUT2D eigenvalue weighted by Gasteiger charge is 2.07. The third-order valence-electron chi connectivity index (χ3n) is 2.86. The molecule has 0 radical (unpaired) electrons. The molecule has 0 fully saturated rings. The molecule has 1 aromatic heterocycles. The number of oxazole rings is 1. The Balaban J connectivity index is 0.00000116. The number of hydrogen-bond acceptors (Lipinski definition) is 4.